The minimum Gasteiger partial charge on any atom is -0.494 e. The summed E-state index contributed by atoms with van der Waals surface area (Å²) in [6.45, 7) is 6.36. The lowest BCUT2D eigenvalue weighted by atomic mass is 9.96. The number of ether oxygens (including phenoxy) is 3. The Labute approximate surface area is 270 Å². The molecule has 0 fully saturated rings. The molecule has 11 heteroatoms. The number of benzene rings is 3. The average molecular weight is 702 g/mol. The van der Waals surface area contributed by atoms with Crippen molar-refractivity contribution in [3.63, 3.8) is 0 Å². The van der Waals surface area contributed by atoms with Crippen molar-refractivity contribution in [2.24, 2.45) is 4.99 Å². The number of rotatable bonds is 9. The number of aromatic nitrogens is 1. The van der Waals surface area contributed by atoms with E-state index in [1.165, 1.54) is 15.9 Å². The lowest BCUT2D eigenvalue weighted by Gasteiger charge is -2.24. The van der Waals surface area contributed by atoms with Crippen molar-refractivity contribution in [1.82, 2.24) is 4.57 Å². The summed E-state index contributed by atoms with van der Waals surface area (Å²) in [7, 11) is 0. The first-order valence-corrected chi connectivity index (χ1v) is 15.8. The second-order valence-corrected chi connectivity index (χ2v) is 12.3. The number of allylic oxidation sites excluding steroid dienone is 1. The van der Waals surface area contributed by atoms with Crippen LogP contribution in [0.25, 0.3) is 6.08 Å². The molecule has 0 amide bonds. The van der Waals surface area contributed by atoms with Crippen LogP contribution in [0.5, 0.6) is 11.5 Å². The normalized spacial score (nSPS) is 14.7. The van der Waals surface area contributed by atoms with Gasteiger partial charge in [-0.3, -0.25) is 9.36 Å². The number of nitrogens with zero attached hydrogens (tertiary/aromatic N) is 2. The number of esters is 1. The molecule has 5 rings (SSSR count). The molecule has 0 spiro atoms. The number of carbonyl (C=O) groups is 1. The topological polar surface area (TPSA) is 79.1 Å². The van der Waals surface area contributed by atoms with Crippen LogP contribution in [0, 0.1) is 0 Å². The van der Waals surface area contributed by atoms with Crippen molar-refractivity contribution in [3.8, 4) is 11.5 Å². The summed E-state index contributed by atoms with van der Waals surface area (Å²) in [4.78, 5) is 32.4. The molecule has 0 aliphatic carbocycles. The van der Waals surface area contributed by atoms with Gasteiger partial charge in [-0.2, -0.15) is 0 Å². The van der Waals surface area contributed by atoms with E-state index >= 15 is 0 Å². The first-order valence-electron chi connectivity index (χ1n) is 13.5. The average Bonchev–Trinajstić information content (AvgIpc) is 3.26. The highest BCUT2D eigenvalue weighted by Gasteiger charge is 2.33. The number of carbonyl (C=O) groups excluding carboxylic acids is 1. The van der Waals surface area contributed by atoms with Gasteiger partial charge in [-0.1, -0.05) is 58.8 Å². The maximum absolute atomic E-state index is 14.1. The van der Waals surface area contributed by atoms with E-state index in [2.05, 4.69) is 20.9 Å². The first kappa shape index (κ1) is 31.1. The zero-order chi connectivity index (χ0) is 30.7. The van der Waals surface area contributed by atoms with Gasteiger partial charge in [0.25, 0.3) is 5.56 Å². The Morgan fingerprint density at radius 3 is 2.51 bits per heavy atom. The van der Waals surface area contributed by atoms with Gasteiger partial charge in [0, 0.05) is 15.6 Å². The Bertz CT molecular complexity index is 1900. The van der Waals surface area contributed by atoms with Crippen molar-refractivity contribution in [3.05, 3.63) is 123 Å². The molecular formula is C32H27BrCl2N2O5S. The zero-order valence-electron chi connectivity index (χ0n) is 23.5. The molecule has 0 unspecified atom stereocenters. The molecule has 3 aromatic carbocycles. The second-order valence-electron chi connectivity index (χ2n) is 9.53. The van der Waals surface area contributed by atoms with E-state index in [-0.39, 0.29) is 18.8 Å². The predicted molar refractivity (Wildman–Crippen MR) is 173 cm³/mol. The third-order valence-electron chi connectivity index (χ3n) is 6.62. The fourth-order valence-corrected chi connectivity index (χ4v) is 6.98. The maximum atomic E-state index is 14.1. The summed E-state index contributed by atoms with van der Waals surface area (Å²) in [5.74, 6) is 0.683. The highest BCUT2D eigenvalue weighted by atomic mass is 79.9. The molecule has 0 saturated carbocycles. The SMILES string of the molecule is CCOC(=O)C1=C(C)N=c2s/c(=C\c3cc(Cl)cc(Br)c3OCc3cccc(Cl)c3)c(=O)n2[C@H]1c1ccc(OCC)cc1. The lowest BCUT2D eigenvalue weighted by Crippen LogP contribution is -2.39. The predicted octanol–water partition coefficient (Wildman–Crippen LogP) is 6.85. The summed E-state index contributed by atoms with van der Waals surface area (Å²) in [5.41, 5.74) is 2.70. The highest BCUT2D eigenvalue weighted by molar-refractivity contribution is 9.10. The molecule has 7 nitrogen and oxygen atoms in total. The van der Waals surface area contributed by atoms with Crippen LogP contribution in [0.2, 0.25) is 10.0 Å². The number of hydrogen-bond acceptors (Lipinski definition) is 7. The molecule has 1 aliphatic rings. The Morgan fingerprint density at radius 2 is 1.81 bits per heavy atom. The van der Waals surface area contributed by atoms with E-state index < -0.39 is 12.0 Å². The molecule has 0 N–H and O–H groups in total. The van der Waals surface area contributed by atoms with Crippen LogP contribution in [-0.4, -0.2) is 23.8 Å². The van der Waals surface area contributed by atoms with Gasteiger partial charge in [-0.15, -0.1) is 0 Å². The quantitative estimate of drug-likeness (QED) is 0.179. The summed E-state index contributed by atoms with van der Waals surface area (Å²) < 4.78 is 19.8. The second kappa shape index (κ2) is 13.5. The van der Waals surface area contributed by atoms with E-state index in [9.17, 15) is 9.59 Å². The third-order valence-corrected chi connectivity index (χ3v) is 8.65. The fraction of sp³-hybridized carbons (Fsp3) is 0.219. The monoisotopic (exact) mass is 700 g/mol. The zero-order valence-corrected chi connectivity index (χ0v) is 27.4. The summed E-state index contributed by atoms with van der Waals surface area (Å²) in [6, 6.07) is 17.5. The van der Waals surface area contributed by atoms with Gasteiger partial charge in [-0.25, -0.2) is 9.79 Å². The smallest absolute Gasteiger partial charge is 0.338 e. The van der Waals surface area contributed by atoms with Crippen LogP contribution in [0.3, 0.4) is 0 Å². The van der Waals surface area contributed by atoms with E-state index in [4.69, 9.17) is 37.4 Å². The maximum Gasteiger partial charge on any atom is 0.338 e. The van der Waals surface area contributed by atoms with Crippen LogP contribution in [0.4, 0.5) is 0 Å². The van der Waals surface area contributed by atoms with Crippen molar-refractivity contribution in [2.75, 3.05) is 13.2 Å². The van der Waals surface area contributed by atoms with Crippen LogP contribution < -0.4 is 24.4 Å². The number of thiazole rings is 1. The summed E-state index contributed by atoms with van der Waals surface area (Å²) >= 11 is 17.3. The number of fused-ring (bicyclic) bond motifs is 1. The van der Waals surface area contributed by atoms with E-state index in [1.54, 1.807) is 38.1 Å². The van der Waals surface area contributed by atoms with Crippen molar-refractivity contribution >= 4 is 62.5 Å². The molecule has 0 bridgehead atoms. The third kappa shape index (κ3) is 6.75. The molecule has 2 heterocycles. The Kier molecular flexibility index (Phi) is 9.76. The van der Waals surface area contributed by atoms with Gasteiger partial charge in [0.05, 0.1) is 39.5 Å². The highest BCUT2D eigenvalue weighted by Crippen LogP contribution is 2.35. The molecule has 1 atom stereocenters. The van der Waals surface area contributed by atoms with Crippen LogP contribution >= 0.6 is 50.5 Å². The van der Waals surface area contributed by atoms with Gasteiger partial charge < -0.3 is 14.2 Å². The summed E-state index contributed by atoms with van der Waals surface area (Å²) in [6.07, 6.45) is 1.73. The number of hydrogen-bond donors (Lipinski definition) is 0. The Morgan fingerprint density at radius 1 is 1.05 bits per heavy atom. The lowest BCUT2D eigenvalue weighted by molar-refractivity contribution is -0.139. The van der Waals surface area contributed by atoms with Crippen molar-refractivity contribution in [2.45, 2.75) is 33.4 Å². The molecular weight excluding hydrogens is 675 g/mol. The van der Waals surface area contributed by atoms with E-state index in [1.807, 2.05) is 49.4 Å². The van der Waals surface area contributed by atoms with Gasteiger partial charge in [0.2, 0.25) is 0 Å². The number of halogens is 3. The Balaban J connectivity index is 1.63. The minimum absolute atomic E-state index is 0.192. The standard InChI is InChI=1S/C32H27BrCl2N2O5S/c1-4-40-24-11-9-20(10-12-24)28-27(31(39)41-5-2)18(3)36-32-37(28)30(38)26(43-32)15-21-14-23(35)16-25(33)29(21)42-17-19-7-6-8-22(34)13-19/h6-16,28H,4-5,17H2,1-3H3/b26-15-/t28-/m0/s1. The van der Waals surface area contributed by atoms with Crippen LogP contribution in [0.1, 0.15) is 43.5 Å². The molecule has 0 saturated heterocycles. The van der Waals surface area contributed by atoms with E-state index in [0.717, 1.165) is 11.1 Å². The largest absolute Gasteiger partial charge is 0.494 e. The Hall–Kier alpha value is -3.37. The molecule has 222 valence electrons. The van der Waals surface area contributed by atoms with Crippen molar-refractivity contribution in [1.29, 1.82) is 0 Å². The molecule has 43 heavy (non-hydrogen) atoms. The van der Waals surface area contributed by atoms with Crippen molar-refractivity contribution < 1.29 is 19.0 Å². The van der Waals surface area contributed by atoms with Gasteiger partial charge >= 0.3 is 5.97 Å². The fourth-order valence-electron chi connectivity index (χ4n) is 4.78. The summed E-state index contributed by atoms with van der Waals surface area (Å²) in [5, 5.41) is 1.07. The van der Waals surface area contributed by atoms with Gasteiger partial charge in [0.15, 0.2) is 4.80 Å². The molecule has 4 aromatic rings. The molecule has 1 aromatic heterocycles. The minimum atomic E-state index is -0.738. The molecule has 1 aliphatic heterocycles. The van der Waals surface area contributed by atoms with Gasteiger partial charge in [-0.05, 0) is 90.3 Å². The molecule has 0 radical (unpaired) electrons. The van der Waals surface area contributed by atoms with E-state index in [0.29, 0.717) is 58.8 Å². The van der Waals surface area contributed by atoms with Crippen LogP contribution in [0.15, 0.2) is 86.2 Å². The van der Waals surface area contributed by atoms with Crippen LogP contribution in [-0.2, 0) is 16.1 Å². The van der Waals surface area contributed by atoms with Gasteiger partial charge in [0.1, 0.15) is 18.1 Å². The first-order chi connectivity index (χ1) is 20.7.